The Labute approximate surface area is 207 Å². The monoisotopic (exact) mass is 498 g/mol. The number of halogens is 2. The fourth-order valence-electron chi connectivity index (χ4n) is 4.19. The highest BCUT2D eigenvalue weighted by Gasteiger charge is 2.45. The van der Waals surface area contributed by atoms with Crippen LogP contribution in [0.15, 0.2) is 54.6 Å². The average molecular weight is 499 g/mol. The smallest absolute Gasteiger partial charge is 0.306 e. The average Bonchev–Trinajstić information content (AvgIpc) is 3.61. The van der Waals surface area contributed by atoms with E-state index >= 15 is 0 Å². The summed E-state index contributed by atoms with van der Waals surface area (Å²) in [7, 11) is 1.49. The zero-order valence-electron chi connectivity index (χ0n) is 20.0. The summed E-state index contributed by atoms with van der Waals surface area (Å²) in [5, 5.41) is 30.1. The van der Waals surface area contributed by atoms with Crippen molar-refractivity contribution in [1.82, 2.24) is 0 Å². The van der Waals surface area contributed by atoms with E-state index in [9.17, 15) is 23.8 Å². The maximum absolute atomic E-state index is 14.9. The Kier molecular flexibility index (Phi) is 7.28. The molecule has 0 heterocycles. The molecule has 8 heteroatoms. The van der Waals surface area contributed by atoms with Gasteiger partial charge in [-0.25, -0.2) is 8.78 Å². The zero-order chi connectivity index (χ0) is 26.0. The van der Waals surface area contributed by atoms with Crippen LogP contribution < -0.4 is 9.47 Å². The molecular formula is C28H28F2O6. The van der Waals surface area contributed by atoms with Gasteiger partial charge in [-0.3, -0.25) is 4.79 Å². The highest BCUT2D eigenvalue weighted by molar-refractivity contribution is 5.71. The molecule has 3 aromatic rings. The number of hydrogen-bond acceptors (Lipinski definition) is 5. The van der Waals surface area contributed by atoms with Gasteiger partial charge in [0.2, 0.25) is 0 Å². The lowest BCUT2D eigenvalue weighted by molar-refractivity contribution is -0.139. The van der Waals surface area contributed by atoms with Gasteiger partial charge < -0.3 is 24.8 Å². The normalized spacial score (nSPS) is 15.7. The van der Waals surface area contributed by atoms with Crippen molar-refractivity contribution in [3.05, 3.63) is 82.9 Å². The molecule has 0 amide bonds. The second kappa shape index (κ2) is 10.2. The number of ether oxygens (including phenoxy) is 2. The number of aliphatic carboxylic acids is 1. The fourth-order valence-corrected chi connectivity index (χ4v) is 4.19. The maximum atomic E-state index is 14.9. The van der Waals surface area contributed by atoms with E-state index < -0.39 is 36.2 Å². The van der Waals surface area contributed by atoms with E-state index in [0.717, 1.165) is 12.8 Å². The summed E-state index contributed by atoms with van der Waals surface area (Å²) in [5.41, 5.74) is 1.50. The van der Waals surface area contributed by atoms with Crippen LogP contribution in [-0.2, 0) is 11.4 Å². The summed E-state index contributed by atoms with van der Waals surface area (Å²) in [5.74, 6) is -2.20. The molecule has 0 spiro atoms. The summed E-state index contributed by atoms with van der Waals surface area (Å²) in [4.78, 5) is 10.9. The predicted molar refractivity (Wildman–Crippen MR) is 129 cm³/mol. The zero-order valence-corrected chi connectivity index (χ0v) is 20.0. The Balaban J connectivity index is 1.64. The highest BCUT2D eigenvalue weighted by Crippen LogP contribution is 2.55. The molecule has 0 aliphatic heterocycles. The van der Waals surface area contributed by atoms with E-state index in [1.165, 1.54) is 37.4 Å². The SMILES string of the molecule is COc1ccc(F)c(-c2ccc(COc3cccc([C@H](O)CC(=O)O)c3F)cc2C(O)C2(C)CC2)c1. The van der Waals surface area contributed by atoms with E-state index in [4.69, 9.17) is 14.6 Å². The molecule has 36 heavy (non-hydrogen) atoms. The molecule has 0 aromatic heterocycles. The Morgan fingerprint density at radius 2 is 1.78 bits per heavy atom. The van der Waals surface area contributed by atoms with Crippen molar-refractivity contribution in [2.45, 2.75) is 45.0 Å². The minimum atomic E-state index is -1.51. The van der Waals surface area contributed by atoms with Gasteiger partial charge in [-0.1, -0.05) is 31.2 Å². The summed E-state index contributed by atoms with van der Waals surface area (Å²) in [6.45, 7) is 1.91. The number of aliphatic hydroxyl groups is 2. The van der Waals surface area contributed by atoms with Crippen molar-refractivity contribution in [3.8, 4) is 22.6 Å². The maximum Gasteiger partial charge on any atom is 0.306 e. The van der Waals surface area contributed by atoms with Gasteiger partial charge in [-0.15, -0.1) is 0 Å². The van der Waals surface area contributed by atoms with E-state index in [2.05, 4.69) is 0 Å². The molecule has 1 aliphatic rings. The van der Waals surface area contributed by atoms with Crippen molar-refractivity contribution in [3.63, 3.8) is 0 Å². The Morgan fingerprint density at radius 1 is 1.03 bits per heavy atom. The van der Waals surface area contributed by atoms with Crippen LogP contribution >= 0.6 is 0 Å². The lowest BCUT2D eigenvalue weighted by atomic mass is 9.87. The third kappa shape index (κ3) is 5.34. The van der Waals surface area contributed by atoms with Crippen LogP contribution in [0.5, 0.6) is 11.5 Å². The Bertz CT molecular complexity index is 1270. The number of rotatable bonds is 10. The highest BCUT2D eigenvalue weighted by atomic mass is 19.1. The second-order valence-electron chi connectivity index (χ2n) is 9.39. The number of carboxylic acid groups (broad SMARTS) is 1. The first-order chi connectivity index (χ1) is 17.1. The lowest BCUT2D eigenvalue weighted by Gasteiger charge is -2.23. The molecule has 6 nitrogen and oxygen atoms in total. The number of methoxy groups -OCH3 is 1. The van der Waals surface area contributed by atoms with E-state index in [0.29, 0.717) is 28.0 Å². The summed E-state index contributed by atoms with van der Waals surface area (Å²) < 4.78 is 40.6. The largest absolute Gasteiger partial charge is 0.497 e. The first-order valence-corrected chi connectivity index (χ1v) is 11.6. The van der Waals surface area contributed by atoms with Gasteiger partial charge in [0, 0.05) is 11.1 Å². The number of benzene rings is 3. The Morgan fingerprint density at radius 3 is 2.44 bits per heavy atom. The van der Waals surface area contributed by atoms with Gasteiger partial charge >= 0.3 is 5.97 Å². The summed E-state index contributed by atoms with van der Waals surface area (Å²) in [6, 6.07) is 13.7. The number of carbonyl (C=O) groups is 1. The van der Waals surface area contributed by atoms with E-state index in [-0.39, 0.29) is 23.3 Å². The molecule has 1 unspecified atom stereocenters. The lowest BCUT2D eigenvalue weighted by Crippen LogP contribution is -2.12. The van der Waals surface area contributed by atoms with E-state index in [1.807, 2.05) is 6.92 Å². The first-order valence-electron chi connectivity index (χ1n) is 11.6. The topological polar surface area (TPSA) is 96.2 Å². The third-order valence-electron chi connectivity index (χ3n) is 6.69. The number of aliphatic hydroxyl groups excluding tert-OH is 2. The molecule has 1 saturated carbocycles. The van der Waals surface area contributed by atoms with Gasteiger partial charge in [0.15, 0.2) is 11.6 Å². The molecule has 0 saturated heterocycles. The van der Waals surface area contributed by atoms with Crippen molar-refractivity contribution < 1.29 is 38.4 Å². The van der Waals surface area contributed by atoms with Gasteiger partial charge in [0.05, 0.1) is 25.7 Å². The molecule has 0 radical (unpaired) electrons. The van der Waals surface area contributed by atoms with Gasteiger partial charge in [0.1, 0.15) is 18.2 Å². The van der Waals surface area contributed by atoms with Crippen molar-refractivity contribution >= 4 is 5.97 Å². The molecule has 190 valence electrons. The molecule has 0 bridgehead atoms. The van der Waals surface area contributed by atoms with Crippen LogP contribution in [0.4, 0.5) is 8.78 Å². The first kappa shape index (κ1) is 25.6. The quantitative estimate of drug-likeness (QED) is 0.339. The van der Waals surface area contributed by atoms with Crippen LogP contribution in [0.1, 0.15) is 55.1 Å². The molecule has 2 atom stereocenters. The number of hydrogen-bond donors (Lipinski definition) is 3. The van der Waals surface area contributed by atoms with E-state index in [1.54, 1.807) is 24.3 Å². The van der Waals surface area contributed by atoms with Gasteiger partial charge in [-0.05, 0) is 65.3 Å². The molecular weight excluding hydrogens is 470 g/mol. The molecule has 4 rings (SSSR count). The molecule has 3 N–H and O–H groups in total. The van der Waals surface area contributed by atoms with Crippen molar-refractivity contribution in [1.29, 1.82) is 0 Å². The second-order valence-corrected chi connectivity index (χ2v) is 9.39. The van der Waals surface area contributed by atoms with Crippen molar-refractivity contribution in [2.75, 3.05) is 7.11 Å². The standard InChI is InChI=1S/C28H28F2O6/c1-28(10-11-28)27(34)21-12-16(6-8-18(21)20-13-17(35-2)7-9-22(20)29)15-36-24-5-3-4-19(26(24)30)23(31)14-25(32)33/h3-9,12-13,23,27,31,34H,10-11,14-15H2,1-2H3,(H,32,33)/t23-,27?/m1/s1. The summed E-state index contributed by atoms with van der Waals surface area (Å²) in [6.07, 6.45) is -1.31. The van der Waals surface area contributed by atoms with Gasteiger partial charge in [0.25, 0.3) is 0 Å². The third-order valence-corrected chi connectivity index (χ3v) is 6.69. The molecule has 1 fully saturated rings. The summed E-state index contributed by atoms with van der Waals surface area (Å²) >= 11 is 0. The van der Waals surface area contributed by atoms with Crippen LogP contribution in [0.25, 0.3) is 11.1 Å². The number of carboxylic acids is 1. The van der Waals surface area contributed by atoms with Gasteiger partial charge in [-0.2, -0.15) is 0 Å². The minimum Gasteiger partial charge on any atom is -0.497 e. The van der Waals surface area contributed by atoms with Crippen LogP contribution in [0.3, 0.4) is 0 Å². The van der Waals surface area contributed by atoms with Crippen LogP contribution in [0, 0.1) is 17.0 Å². The molecule has 1 aliphatic carbocycles. The Hall–Kier alpha value is -3.49. The van der Waals surface area contributed by atoms with Crippen molar-refractivity contribution in [2.24, 2.45) is 5.41 Å². The van der Waals surface area contributed by atoms with Crippen LogP contribution in [0.2, 0.25) is 0 Å². The molecule has 3 aromatic carbocycles. The predicted octanol–water partition coefficient (Wildman–Crippen LogP) is 5.56. The minimum absolute atomic E-state index is 0.0628. The van der Waals surface area contributed by atoms with Crippen LogP contribution in [-0.4, -0.2) is 28.4 Å². The fraction of sp³-hybridized carbons (Fsp3) is 0.321.